The number of carbonyl (C=O) groups is 1. The highest BCUT2D eigenvalue weighted by Gasteiger charge is 2.11. The van der Waals surface area contributed by atoms with Crippen molar-refractivity contribution in [1.82, 2.24) is 4.98 Å². The summed E-state index contributed by atoms with van der Waals surface area (Å²) in [6.07, 6.45) is 3.03. The molecule has 0 N–H and O–H groups in total. The summed E-state index contributed by atoms with van der Waals surface area (Å²) in [5, 5.41) is 7.20. The van der Waals surface area contributed by atoms with Crippen molar-refractivity contribution in [3.05, 3.63) is 99.9 Å². The van der Waals surface area contributed by atoms with E-state index in [1.54, 1.807) is 25.6 Å². The molecule has 0 spiro atoms. The molecule has 3 aromatic carbocycles. The van der Waals surface area contributed by atoms with Gasteiger partial charge < -0.3 is 9.47 Å². The van der Waals surface area contributed by atoms with Crippen LogP contribution in [-0.2, 0) is 12.8 Å². The van der Waals surface area contributed by atoms with Gasteiger partial charge in [0.15, 0.2) is 17.3 Å². The van der Waals surface area contributed by atoms with Crippen LogP contribution in [0.15, 0.2) is 77.6 Å². The van der Waals surface area contributed by atoms with Crippen LogP contribution in [0.2, 0.25) is 0 Å². The molecule has 5 aromatic rings. The van der Waals surface area contributed by atoms with Gasteiger partial charge in [0.05, 0.1) is 19.7 Å². The average Bonchev–Trinajstić information content (AvgIpc) is 3.39. The topological polar surface area (TPSA) is 48.4 Å². The summed E-state index contributed by atoms with van der Waals surface area (Å²) >= 11 is 1.55. The van der Waals surface area contributed by atoms with E-state index in [0.29, 0.717) is 17.9 Å². The fourth-order valence-corrected chi connectivity index (χ4v) is 4.84. The van der Waals surface area contributed by atoms with Crippen LogP contribution in [0.5, 0.6) is 11.5 Å². The number of carbonyl (C=O) groups excluding carboxylic acids is 1. The standard InChI is InChI=1S/C28H23NO3S/c1-31-27-15-24-22(7-9-29-25(24)16-28(27)32-2)13-18-3-5-21-12-19(4-6-20(21)11-18)14-26(30)23-8-10-33-17-23/h3-12,15-17H,13-14H2,1-2H3. The minimum atomic E-state index is 0.156. The number of ether oxygens (including phenoxy) is 2. The Hall–Kier alpha value is -3.70. The number of thiophene rings is 1. The third kappa shape index (κ3) is 4.32. The summed E-state index contributed by atoms with van der Waals surface area (Å²) in [6, 6.07) is 20.6. The summed E-state index contributed by atoms with van der Waals surface area (Å²) in [6.45, 7) is 0. The summed E-state index contributed by atoms with van der Waals surface area (Å²) in [7, 11) is 3.28. The molecule has 0 amide bonds. The predicted octanol–water partition coefficient (Wildman–Crippen LogP) is 6.48. The van der Waals surface area contributed by atoms with Crippen LogP contribution < -0.4 is 9.47 Å². The van der Waals surface area contributed by atoms with Crippen LogP contribution in [0.25, 0.3) is 21.7 Å². The molecule has 33 heavy (non-hydrogen) atoms. The van der Waals surface area contributed by atoms with Gasteiger partial charge in [-0.1, -0.05) is 36.4 Å². The van der Waals surface area contributed by atoms with E-state index in [4.69, 9.17) is 9.47 Å². The first-order valence-electron chi connectivity index (χ1n) is 10.7. The maximum atomic E-state index is 12.4. The van der Waals surface area contributed by atoms with Gasteiger partial charge in [-0.3, -0.25) is 9.78 Å². The second-order valence-electron chi connectivity index (χ2n) is 8.00. The van der Waals surface area contributed by atoms with Gasteiger partial charge in [-0.2, -0.15) is 11.3 Å². The van der Waals surface area contributed by atoms with Gasteiger partial charge >= 0.3 is 0 Å². The zero-order valence-electron chi connectivity index (χ0n) is 18.5. The second kappa shape index (κ2) is 9.04. The highest BCUT2D eigenvalue weighted by molar-refractivity contribution is 7.08. The Balaban J connectivity index is 1.42. The Morgan fingerprint density at radius 1 is 0.879 bits per heavy atom. The fourth-order valence-electron chi connectivity index (χ4n) is 4.18. The van der Waals surface area contributed by atoms with Gasteiger partial charge in [-0.25, -0.2) is 0 Å². The van der Waals surface area contributed by atoms with E-state index in [-0.39, 0.29) is 5.78 Å². The molecule has 4 nitrogen and oxygen atoms in total. The van der Waals surface area contributed by atoms with Crippen LogP contribution >= 0.6 is 11.3 Å². The Labute approximate surface area is 196 Å². The van der Waals surface area contributed by atoms with E-state index in [9.17, 15) is 4.79 Å². The van der Waals surface area contributed by atoms with Crippen molar-refractivity contribution in [2.24, 2.45) is 0 Å². The number of benzene rings is 3. The number of hydrogen-bond acceptors (Lipinski definition) is 5. The zero-order valence-corrected chi connectivity index (χ0v) is 19.3. The minimum Gasteiger partial charge on any atom is -0.493 e. The molecule has 0 saturated carbocycles. The number of rotatable bonds is 7. The summed E-state index contributed by atoms with van der Waals surface area (Å²) in [4.78, 5) is 17.0. The van der Waals surface area contributed by atoms with E-state index in [1.807, 2.05) is 35.2 Å². The number of fused-ring (bicyclic) bond motifs is 2. The van der Waals surface area contributed by atoms with Crippen molar-refractivity contribution in [2.75, 3.05) is 14.2 Å². The monoisotopic (exact) mass is 453 g/mol. The predicted molar refractivity (Wildman–Crippen MR) is 134 cm³/mol. The molecule has 0 fully saturated rings. The van der Waals surface area contributed by atoms with E-state index in [0.717, 1.165) is 39.2 Å². The fraction of sp³-hybridized carbons (Fsp3) is 0.143. The summed E-state index contributed by atoms with van der Waals surface area (Å²) in [5.74, 6) is 1.53. The van der Waals surface area contributed by atoms with Crippen molar-refractivity contribution in [1.29, 1.82) is 0 Å². The normalized spacial score (nSPS) is 11.1. The van der Waals surface area contributed by atoms with Crippen LogP contribution in [-0.4, -0.2) is 25.0 Å². The molecule has 0 aliphatic rings. The molecule has 0 bridgehead atoms. The number of Topliss-reactive ketones (excluding diaryl/α,β-unsaturated/α-hetero) is 1. The first-order chi connectivity index (χ1) is 16.1. The van der Waals surface area contributed by atoms with Gasteiger partial charge in [0.2, 0.25) is 0 Å². The average molecular weight is 454 g/mol. The Morgan fingerprint density at radius 2 is 1.61 bits per heavy atom. The number of aromatic nitrogens is 1. The molecule has 2 aromatic heterocycles. The van der Waals surface area contributed by atoms with Crippen molar-refractivity contribution in [3.63, 3.8) is 0 Å². The lowest BCUT2D eigenvalue weighted by Gasteiger charge is -2.12. The smallest absolute Gasteiger partial charge is 0.168 e. The van der Waals surface area contributed by atoms with Gasteiger partial charge in [-0.15, -0.1) is 0 Å². The molecule has 5 heteroatoms. The molecule has 0 saturated heterocycles. The molecular weight excluding hydrogens is 430 g/mol. The van der Waals surface area contributed by atoms with Crippen LogP contribution in [0.3, 0.4) is 0 Å². The van der Waals surface area contributed by atoms with Crippen LogP contribution in [0, 0.1) is 0 Å². The number of methoxy groups -OCH3 is 2. The molecular formula is C28H23NO3S. The highest BCUT2D eigenvalue weighted by Crippen LogP contribution is 2.33. The van der Waals surface area contributed by atoms with E-state index >= 15 is 0 Å². The highest BCUT2D eigenvalue weighted by atomic mass is 32.1. The number of ketones is 1. The zero-order chi connectivity index (χ0) is 22.8. The van der Waals surface area contributed by atoms with Gasteiger partial charge in [0.25, 0.3) is 0 Å². The van der Waals surface area contributed by atoms with Gasteiger partial charge in [0, 0.05) is 35.0 Å². The quantitative estimate of drug-likeness (QED) is 0.265. The van der Waals surface area contributed by atoms with Gasteiger partial charge in [-0.05, 0) is 57.5 Å². The second-order valence-corrected chi connectivity index (χ2v) is 8.78. The molecule has 0 unspecified atom stereocenters. The van der Waals surface area contributed by atoms with Crippen molar-refractivity contribution < 1.29 is 14.3 Å². The van der Waals surface area contributed by atoms with Crippen molar-refractivity contribution in [2.45, 2.75) is 12.8 Å². The Bertz CT molecular complexity index is 1460. The molecule has 0 aliphatic carbocycles. The van der Waals surface area contributed by atoms with Crippen LogP contribution in [0.4, 0.5) is 0 Å². The lowest BCUT2D eigenvalue weighted by Crippen LogP contribution is -2.01. The summed E-state index contributed by atoms with van der Waals surface area (Å²) < 4.78 is 10.9. The number of hydrogen-bond donors (Lipinski definition) is 0. The van der Waals surface area contributed by atoms with Crippen molar-refractivity contribution >= 4 is 38.8 Å². The molecule has 5 rings (SSSR count). The van der Waals surface area contributed by atoms with E-state index < -0.39 is 0 Å². The molecule has 164 valence electrons. The maximum absolute atomic E-state index is 12.4. The SMILES string of the molecule is COc1cc2nccc(Cc3ccc4cc(CC(=O)c5ccsc5)ccc4c3)c2cc1OC. The third-order valence-corrected chi connectivity index (χ3v) is 6.59. The molecule has 0 aliphatic heterocycles. The number of nitrogens with zero attached hydrogens (tertiary/aromatic N) is 1. The van der Waals surface area contributed by atoms with Gasteiger partial charge in [0.1, 0.15) is 0 Å². The molecule has 0 atom stereocenters. The molecule has 2 heterocycles. The van der Waals surface area contributed by atoms with Crippen LogP contribution in [0.1, 0.15) is 27.0 Å². The Morgan fingerprint density at radius 3 is 2.33 bits per heavy atom. The largest absolute Gasteiger partial charge is 0.493 e. The summed E-state index contributed by atoms with van der Waals surface area (Å²) in [5.41, 5.74) is 5.10. The lowest BCUT2D eigenvalue weighted by atomic mass is 9.97. The molecule has 0 radical (unpaired) electrons. The lowest BCUT2D eigenvalue weighted by molar-refractivity contribution is 0.0993. The minimum absolute atomic E-state index is 0.156. The maximum Gasteiger partial charge on any atom is 0.168 e. The first-order valence-corrected chi connectivity index (χ1v) is 11.7. The Kier molecular flexibility index (Phi) is 5.80. The van der Waals surface area contributed by atoms with E-state index in [2.05, 4.69) is 47.4 Å². The number of pyridine rings is 1. The van der Waals surface area contributed by atoms with Crippen molar-refractivity contribution in [3.8, 4) is 11.5 Å². The van der Waals surface area contributed by atoms with E-state index in [1.165, 1.54) is 11.1 Å². The third-order valence-electron chi connectivity index (χ3n) is 5.91. The first kappa shape index (κ1) is 21.2.